The molecule has 1 N–H and O–H groups in total. The molecule has 7 heteroatoms. The predicted molar refractivity (Wildman–Crippen MR) is 105 cm³/mol. The van der Waals surface area contributed by atoms with Crippen LogP contribution >= 0.6 is 11.8 Å². The van der Waals surface area contributed by atoms with Gasteiger partial charge < -0.3 is 14.9 Å². The first kappa shape index (κ1) is 19.7. The van der Waals surface area contributed by atoms with Crippen LogP contribution < -0.4 is 4.90 Å². The first-order valence-electron chi connectivity index (χ1n) is 9.43. The Morgan fingerprint density at radius 2 is 1.96 bits per heavy atom. The highest BCUT2D eigenvalue weighted by atomic mass is 32.2. The van der Waals surface area contributed by atoms with Gasteiger partial charge in [0.05, 0.1) is 5.92 Å². The lowest BCUT2D eigenvalue weighted by molar-refractivity contribution is -0.138. The second-order valence-corrected chi connectivity index (χ2v) is 8.21. The minimum atomic E-state index is -0.789. The van der Waals surface area contributed by atoms with Gasteiger partial charge in [0.2, 0.25) is 11.8 Å². The third-order valence-corrected chi connectivity index (χ3v) is 6.20. The van der Waals surface area contributed by atoms with Crippen LogP contribution in [0.2, 0.25) is 0 Å². The van der Waals surface area contributed by atoms with Gasteiger partial charge in [0.15, 0.2) is 0 Å². The van der Waals surface area contributed by atoms with Crippen molar-refractivity contribution in [2.75, 3.05) is 30.8 Å². The third kappa shape index (κ3) is 4.83. The second-order valence-electron chi connectivity index (χ2n) is 7.33. The number of piperidine rings is 1. The van der Waals surface area contributed by atoms with Crippen molar-refractivity contribution in [1.82, 2.24) is 4.90 Å². The third-order valence-electron chi connectivity index (χ3n) is 5.46. The summed E-state index contributed by atoms with van der Waals surface area (Å²) < 4.78 is 0. The molecule has 2 fully saturated rings. The summed E-state index contributed by atoms with van der Waals surface area (Å²) in [5, 5.41) is 8.87. The van der Waals surface area contributed by atoms with E-state index in [2.05, 4.69) is 0 Å². The summed E-state index contributed by atoms with van der Waals surface area (Å²) in [5.41, 5.74) is 0.839. The largest absolute Gasteiger partial charge is 0.481 e. The molecule has 146 valence electrons. The molecule has 0 aliphatic carbocycles. The number of carboxylic acid groups (broad SMARTS) is 1. The van der Waals surface area contributed by atoms with E-state index in [9.17, 15) is 14.4 Å². The number of likely N-dealkylation sites (tertiary alicyclic amines) is 1. The number of carboxylic acids is 1. The summed E-state index contributed by atoms with van der Waals surface area (Å²) in [6.45, 7) is 1.74. The van der Waals surface area contributed by atoms with Crippen LogP contribution in [0.4, 0.5) is 5.69 Å². The van der Waals surface area contributed by atoms with Gasteiger partial charge in [-0.1, -0.05) is 0 Å². The summed E-state index contributed by atoms with van der Waals surface area (Å²) >= 11 is 1.65. The van der Waals surface area contributed by atoms with Crippen LogP contribution in [0.25, 0.3) is 0 Å². The zero-order valence-electron chi connectivity index (χ0n) is 15.6. The highest BCUT2D eigenvalue weighted by Gasteiger charge is 2.38. The van der Waals surface area contributed by atoms with Gasteiger partial charge in [-0.3, -0.25) is 14.4 Å². The van der Waals surface area contributed by atoms with E-state index in [0.29, 0.717) is 26.1 Å². The molecule has 2 saturated heterocycles. The number of nitrogens with zero attached hydrogens (tertiary/aromatic N) is 2. The second kappa shape index (κ2) is 8.78. The molecule has 0 aromatic heterocycles. The van der Waals surface area contributed by atoms with E-state index in [0.717, 1.165) is 23.4 Å². The standard InChI is InChI=1S/C20H26N2O4S/c1-27-17-7-5-16(6-8-17)22-13-15(11-18(22)23)20(26)21-10-2-3-14(12-21)4-9-19(24)25/h5-8,14-15H,2-4,9-13H2,1H3,(H,24,25). The highest BCUT2D eigenvalue weighted by Crippen LogP contribution is 2.29. The number of amides is 2. The molecule has 2 atom stereocenters. The molecule has 2 heterocycles. The Balaban J connectivity index is 1.60. The molecule has 0 radical (unpaired) electrons. The molecule has 3 rings (SSSR count). The normalized spacial score (nSPS) is 22.9. The Morgan fingerprint density at radius 1 is 1.22 bits per heavy atom. The fourth-order valence-corrected chi connectivity index (χ4v) is 4.38. The number of rotatable bonds is 6. The first-order chi connectivity index (χ1) is 13.0. The van der Waals surface area contributed by atoms with Crippen LogP contribution in [0.15, 0.2) is 29.2 Å². The van der Waals surface area contributed by atoms with Crippen molar-refractivity contribution in [3.05, 3.63) is 24.3 Å². The van der Waals surface area contributed by atoms with Gasteiger partial charge in [-0.15, -0.1) is 11.8 Å². The average Bonchev–Trinajstić information content (AvgIpc) is 3.07. The minimum absolute atomic E-state index is 0.00955. The van der Waals surface area contributed by atoms with Crippen molar-refractivity contribution in [2.45, 2.75) is 37.0 Å². The molecular formula is C20H26N2O4S. The maximum atomic E-state index is 12.9. The quantitative estimate of drug-likeness (QED) is 0.756. The molecule has 2 aliphatic rings. The maximum absolute atomic E-state index is 12.9. The molecule has 1 aromatic carbocycles. The Kier molecular flexibility index (Phi) is 6.42. The fourth-order valence-electron chi connectivity index (χ4n) is 3.97. The van der Waals surface area contributed by atoms with Crippen molar-refractivity contribution < 1.29 is 19.5 Å². The molecule has 6 nitrogen and oxygen atoms in total. The predicted octanol–water partition coefficient (Wildman–Crippen LogP) is 2.86. The van der Waals surface area contributed by atoms with Crippen molar-refractivity contribution in [1.29, 1.82) is 0 Å². The van der Waals surface area contributed by atoms with Crippen LogP contribution in [0.1, 0.15) is 32.1 Å². The van der Waals surface area contributed by atoms with Gasteiger partial charge in [-0.25, -0.2) is 0 Å². The Labute approximate surface area is 163 Å². The van der Waals surface area contributed by atoms with Gasteiger partial charge in [-0.05, 0) is 55.7 Å². The first-order valence-corrected chi connectivity index (χ1v) is 10.7. The number of carbonyl (C=O) groups excluding carboxylic acids is 2. The van der Waals surface area contributed by atoms with Crippen molar-refractivity contribution in [2.24, 2.45) is 11.8 Å². The fraction of sp³-hybridized carbons (Fsp3) is 0.550. The molecule has 27 heavy (non-hydrogen) atoms. The van der Waals surface area contributed by atoms with Crippen LogP contribution in [-0.2, 0) is 14.4 Å². The van der Waals surface area contributed by atoms with E-state index in [1.54, 1.807) is 16.7 Å². The van der Waals surface area contributed by atoms with Gasteiger partial charge in [0.25, 0.3) is 0 Å². The summed E-state index contributed by atoms with van der Waals surface area (Å²) in [5.74, 6) is -0.832. The van der Waals surface area contributed by atoms with Crippen LogP contribution in [-0.4, -0.2) is 53.7 Å². The van der Waals surface area contributed by atoms with Crippen LogP contribution in [0, 0.1) is 11.8 Å². The van der Waals surface area contributed by atoms with Gasteiger partial charge in [-0.2, -0.15) is 0 Å². The molecule has 2 amide bonds. The lowest BCUT2D eigenvalue weighted by Crippen LogP contribution is -2.43. The average molecular weight is 391 g/mol. The van der Waals surface area contributed by atoms with Crippen molar-refractivity contribution in [3.8, 4) is 0 Å². The van der Waals surface area contributed by atoms with Gasteiger partial charge >= 0.3 is 5.97 Å². The molecule has 1 aromatic rings. The Bertz CT molecular complexity index is 706. The van der Waals surface area contributed by atoms with E-state index >= 15 is 0 Å². The van der Waals surface area contributed by atoms with Crippen molar-refractivity contribution in [3.63, 3.8) is 0 Å². The Morgan fingerprint density at radius 3 is 2.63 bits per heavy atom. The van der Waals surface area contributed by atoms with E-state index in [1.165, 1.54) is 0 Å². The number of aliphatic carboxylic acids is 1. The Hall–Kier alpha value is -2.02. The molecule has 2 unspecified atom stereocenters. The molecule has 2 aliphatic heterocycles. The van der Waals surface area contributed by atoms with Crippen molar-refractivity contribution >= 4 is 35.2 Å². The van der Waals surface area contributed by atoms with E-state index in [1.807, 2.05) is 35.4 Å². The maximum Gasteiger partial charge on any atom is 0.303 e. The zero-order valence-corrected chi connectivity index (χ0v) is 16.4. The van der Waals surface area contributed by atoms with E-state index in [4.69, 9.17) is 5.11 Å². The molecule has 0 saturated carbocycles. The molecular weight excluding hydrogens is 364 g/mol. The minimum Gasteiger partial charge on any atom is -0.481 e. The smallest absolute Gasteiger partial charge is 0.303 e. The van der Waals surface area contributed by atoms with Gasteiger partial charge in [0, 0.05) is 43.1 Å². The molecule has 0 bridgehead atoms. The highest BCUT2D eigenvalue weighted by molar-refractivity contribution is 7.98. The van der Waals surface area contributed by atoms with Gasteiger partial charge in [0.1, 0.15) is 0 Å². The summed E-state index contributed by atoms with van der Waals surface area (Å²) in [4.78, 5) is 40.9. The lowest BCUT2D eigenvalue weighted by atomic mass is 9.92. The number of thioether (sulfide) groups is 1. The number of hydrogen-bond donors (Lipinski definition) is 1. The van der Waals surface area contributed by atoms with Crippen LogP contribution in [0.3, 0.4) is 0 Å². The van der Waals surface area contributed by atoms with E-state index in [-0.39, 0.29) is 36.5 Å². The number of benzene rings is 1. The zero-order chi connectivity index (χ0) is 19.4. The summed E-state index contributed by atoms with van der Waals surface area (Å²) in [6, 6.07) is 7.83. The van der Waals surface area contributed by atoms with Crippen LogP contribution in [0.5, 0.6) is 0 Å². The molecule has 0 spiro atoms. The SMILES string of the molecule is CSc1ccc(N2CC(C(=O)N3CCCC(CCC(=O)O)C3)CC2=O)cc1. The topological polar surface area (TPSA) is 77.9 Å². The van der Waals surface area contributed by atoms with E-state index < -0.39 is 5.97 Å². The number of carbonyl (C=O) groups is 3. The number of anilines is 1. The lowest BCUT2D eigenvalue weighted by Gasteiger charge is -2.34. The summed E-state index contributed by atoms with van der Waals surface area (Å²) in [6.07, 6.45) is 4.88. The number of hydrogen-bond acceptors (Lipinski definition) is 4. The monoisotopic (exact) mass is 390 g/mol. The summed E-state index contributed by atoms with van der Waals surface area (Å²) in [7, 11) is 0.